The number of nitrogens with two attached hydrogens (primary N) is 1. The Morgan fingerprint density at radius 2 is 1.75 bits per heavy atom. The largest absolute Gasteiger partial charge is 0.457 e. The molecule has 20 heavy (non-hydrogen) atoms. The Morgan fingerprint density at radius 3 is 2.40 bits per heavy atom. The van der Waals surface area contributed by atoms with Crippen LogP contribution in [0, 0.1) is 5.41 Å². The number of hydrogen-bond donors (Lipinski definition) is 2. The van der Waals surface area contributed by atoms with E-state index in [0.717, 1.165) is 12.1 Å². The third-order valence-electron chi connectivity index (χ3n) is 2.57. The lowest BCUT2D eigenvalue weighted by molar-refractivity contribution is -0.137. The smallest absolute Gasteiger partial charge is 0.416 e. The lowest BCUT2D eigenvalue weighted by atomic mass is 10.2. The first kappa shape index (κ1) is 13.9. The van der Waals surface area contributed by atoms with Crippen LogP contribution in [-0.2, 0) is 6.18 Å². The number of ether oxygens (including phenoxy) is 1. The zero-order chi connectivity index (χ0) is 14.8. The van der Waals surface area contributed by atoms with Gasteiger partial charge in [0.2, 0.25) is 0 Å². The van der Waals surface area contributed by atoms with Crippen molar-refractivity contribution in [1.82, 2.24) is 0 Å². The van der Waals surface area contributed by atoms with E-state index in [1.165, 1.54) is 18.2 Å². The van der Waals surface area contributed by atoms with Crippen LogP contribution in [0.25, 0.3) is 0 Å². The van der Waals surface area contributed by atoms with Crippen molar-refractivity contribution in [3.8, 4) is 11.5 Å². The Bertz CT molecular complexity index is 638. The van der Waals surface area contributed by atoms with Crippen LogP contribution in [0.15, 0.2) is 48.5 Å². The SMILES string of the molecule is N=C(N)c1ccccc1Oc1cccc(C(F)(F)F)c1. The van der Waals surface area contributed by atoms with Crippen molar-refractivity contribution in [2.45, 2.75) is 6.18 Å². The zero-order valence-electron chi connectivity index (χ0n) is 10.2. The molecular weight excluding hydrogens is 269 g/mol. The highest BCUT2D eigenvalue weighted by Crippen LogP contribution is 2.33. The van der Waals surface area contributed by atoms with E-state index in [1.807, 2.05) is 0 Å². The molecule has 0 aliphatic rings. The molecule has 0 aliphatic heterocycles. The summed E-state index contributed by atoms with van der Waals surface area (Å²) in [5.41, 5.74) is 4.92. The second-order valence-electron chi connectivity index (χ2n) is 4.04. The number of nitrogen functional groups attached to an aromatic ring is 1. The van der Waals surface area contributed by atoms with Crippen molar-refractivity contribution in [3.63, 3.8) is 0 Å². The first-order valence-electron chi connectivity index (χ1n) is 5.66. The minimum Gasteiger partial charge on any atom is -0.457 e. The lowest BCUT2D eigenvalue weighted by Gasteiger charge is -2.12. The van der Waals surface area contributed by atoms with Gasteiger partial charge in [0.05, 0.1) is 11.1 Å². The molecule has 0 spiro atoms. The summed E-state index contributed by atoms with van der Waals surface area (Å²) in [5, 5.41) is 7.40. The molecule has 3 nitrogen and oxygen atoms in total. The van der Waals surface area contributed by atoms with Crippen molar-refractivity contribution in [1.29, 1.82) is 5.41 Å². The Balaban J connectivity index is 2.34. The number of para-hydroxylation sites is 1. The van der Waals surface area contributed by atoms with Gasteiger partial charge in [0.1, 0.15) is 17.3 Å². The van der Waals surface area contributed by atoms with Crippen LogP contribution in [0.4, 0.5) is 13.2 Å². The van der Waals surface area contributed by atoms with Crippen LogP contribution < -0.4 is 10.5 Å². The van der Waals surface area contributed by atoms with Crippen molar-refractivity contribution >= 4 is 5.84 Å². The molecule has 2 aromatic carbocycles. The Hall–Kier alpha value is -2.50. The first-order chi connectivity index (χ1) is 9.38. The van der Waals surface area contributed by atoms with Crippen LogP contribution in [0.3, 0.4) is 0 Å². The highest BCUT2D eigenvalue weighted by molar-refractivity contribution is 5.97. The van der Waals surface area contributed by atoms with Gasteiger partial charge in [0.15, 0.2) is 0 Å². The highest BCUT2D eigenvalue weighted by atomic mass is 19.4. The third kappa shape index (κ3) is 3.09. The summed E-state index contributed by atoms with van der Waals surface area (Å²) in [5.74, 6) is 0.0559. The van der Waals surface area contributed by atoms with E-state index >= 15 is 0 Å². The van der Waals surface area contributed by atoms with Gasteiger partial charge in [-0.2, -0.15) is 13.2 Å². The second-order valence-corrected chi connectivity index (χ2v) is 4.04. The van der Waals surface area contributed by atoms with E-state index in [0.29, 0.717) is 5.56 Å². The molecule has 0 saturated carbocycles. The monoisotopic (exact) mass is 280 g/mol. The maximum atomic E-state index is 12.6. The number of amidine groups is 1. The summed E-state index contributed by atoms with van der Waals surface area (Å²) in [7, 11) is 0. The van der Waals surface area contributed by atoms with Gasteiger partial charge in [-0.3, -0.25) is 5.41 Å². The van der Waals surface area contributed by atoms with Crippen molar-refractivity contribution in [2.75, 3.05) is 0 Å². The molecule has 0 aromatic heterocycles. The molecule has 3 N–H and O–H groups in total. The molecule has 0 radical (unpaired) electrons. The van der Waals surface area contributed by atoms with Crippen molar-refractivity contribution in [2.24, 2.45) is 5.73 Å². The van der Waals surface area contributed by atoms with Gasteiger partial charge in [0, 0.05) is 0 Å². The standard InChI is InChI=1S/C14H11F3N2O/c15-14(16,17)9-4-3-5-10(8-9)20-12-7-2-1-6-11(12)13(18)19/h1-8H,(H3,18,19). The van der Waals surface area contributed by atoms with E-state index < -0.39 is 11.7 Å². The fourth-order valence-electron chi connectivity index (χ4n) is 1.64. The molecule has 104 valence electrons. The minimum atomic E-state index is -4.43. The normalized spacial score (nSPS) is 11.2. The van der Waals surface area contributed by atoms with Gasteiger partial charge < -0.3 is 10.5 Å². The quantitative estimate of drug-likeness (QED) is 0.664. The number of alkyl halides is 3. The first-order valence-corrected chi connectivity index (χ1v) is 5.66. The summed E-state index contributed by atoms with van der Waals surface area (Å²) >= 11 is 0. The van der Waals surface area contributed by atoms with E-state index in [-0.39, 0.29) is 17.3 Å². The molecule has 0 amide bonds. The molecule has 6 heteroatoms. The zero-order valence-corrected chi connectivity index (χ0v) is 10.2. The number of hydrogen-bond acceptors (Lipinski definition) is 2. The molecule has 0 heterocycles. The van der Waals surface area contributed by atoms with Crippen molar-refractivity contribution in [3.05, 3.63) is 59.7 Å². The summed E-state index contributed by atoms with van der Waals surface area (Å²) < 4.78 is 43.2. The molecule has 0 bridgehead atoms. The van der Waals surface area contributed by atoms with E-state index in [2.05, 4.69) is 0 Å². The van der Waals surface area contributed by atoms with Gasteiger partial charge in [-0.1, -0.05) is 18.2 Å². The molecule has 2 aromatic rings. The van der Waals surface area contributed by atoms with E-state index in [4.69, 9.17) is 15.9 Å². The average Bonchev–Trinajstić information content (AvgIpc) is 2.38. The predicted octanol–water partition coefficient (Wildman–Crippen LogP) is 3.78. The van der Waals surface area contributed by atoms with Gasteiger partial charge in [-0.05, 0) is 30.3 Å². The summed E-state index contributed by atoms with van der Waals surface area (Å²) in [6.45, 7) is 0. The van der Waals surface area contributed by atoms with E-state index in [1.54, 1.807) is 18.2 Å². The number of benzene rings is 2. The number of nitrogens with one attached hydrogen (secondary N) is 1. The molecular formula is C14H11F3N2O. The van der Waals surface area contributed by atoms with Crippen molar-refractivity contribution < 1.29 is 17.9 Å². The molecule has 2 rings (SSSR count). The lowest BCUT2D eigenvalue weighted by Crippen LogP contribution is -2.12. The molecule has 0 fully saturated rings. The minimum absolute atomic E-state index is 0.0357. The maximum Gasteiger partial charge on any atom is 0.416 e. The molecule has 0 atom stereocenters. The summed E-state index contributed by atoms with van der Waals surface area (Å²) in [6.07, 6.45) is -4.43. The molecule has 0 aliphatic carbocycles. The van der Waals surface area contributed by atoms with Crippen LogP contribution >= 0.6 is 0 Å². The fourth-order valence-corrected chi connectivity index (χ4v) is 1.64. The fraction of sp³-hybridized carbons (Fsp3) is 0.0714. The van der Waals surface area contributed by atoms with Gasteiger partial charge in [-0.25, -0.2) is 0 Å². The van der Waals surface area contributed by atoms with E-state index in [9.17, 15) is 13.2 Å². The Morgan fingerprint density at radius 1 is 1.05 bits per heavy atom. The molecule has 0 saturated heterocycles. The van der Waals surface area contributed by atoms with Gasteiger partial charge in [-0.15, -0.1) is 0 Å². The van der Waals surface area contributed by atoms with Crippen LogP contribution in [0.2, 0.25) is 0 Å². The Labute approximate surface area is 113 Å². The van der Waals surface area contributed by atoms with Gasteiger partial charge >= 0.3 is 6.18 Å². The highest BCUT2D eigenvalue weighted by Gasteiger charge is 2.30. The average molecular weight is 280 g/mol. The maximum absolute atomic E-state index is 12.6. The Kier molecular flexibility index (Phi) is 3.65. The topological polar surface area (TPSA) is 59.1 Å². The van der Waals surface area contributed by atoms with Gasteiger partial charge in [0.25, 0.3) is 0 Å². The number of halogens is 3. The second kappa shape index (κ2) is 5.24. The molecule has 0 unspecified atom stereocenters. The predicted molar refractivity (Wildman–Crippen MR) is 69.0 cm³/mol. The number of rotatable bonds is 3. The summed E-state index contributed by atoms with van der Waals surface area (Å²) in [6, 6.07) is 10.9. The third-order valence-corrected chi connectivity index (χ3v) is 2.57. The summed E-state index contributed by atoms with van der Waals surface area (Å²) in [4.78, 5) is 0. The van der Waals surface area contributed by atoms with Crippen LogP contribution in [0.5, 0.6) is 11.5 Å². The van der Waals surface area contributed by atoms with Crippen LogP contribution in [0.1, 0.15) is 11.1 Å². The van der Waals surface area contributed by atoms with Crippen LogP contribution in [-0.4, -0.2) is 5.84 Å².